The van der Waals surface area contributed by atoms with Crippen molar-refractivity contribution in [3.8, 4) is 0 Å². The summed E-state index contributed by atoms with van der Waals surface area (Å²) in [5.74, 6) is -0.205. The molecule has 0 rings (SSSR count). The second-order valence-electron chi connectivity index (χ2n) is 4.03. The Morgan fingerprint density at radius 1 is 1.40 bits per heavy atom. The minimum atomic E-state index is -3.31. The minimum Gasteiger partial charge on any atom is -0.344 e. The number of sulfone groups is 1. The zero-order valence-electron chi connectivity index (χ0n) is 9.73. The van der Waals surface area contributed by atoms with Gasteiger partial charge in [-0.05, 0) is 19.4 Å². The second-order valence-corrected chi connectivity index (χ2v) is 6.40. The maximum absolute atomic E-state index is 11.6. The molecule has 0 bridgehead atoms. The van der Waals surface area contributed by atoms with Crippen LogP contribution in [0.3, 0.4) is 0 Å². The first kappa shape index (κ1) is 14.4. The average molecular weight is 236 g/mol. The SMILES string of the molecule is CC(CN)CN(C)C(=O)C(C)S(C)(=O)=O. The van der Waals surface area contributed by atoms with Crippen molar-refractivity contribution in [3.05, 3.63) is 0 Å². The molecule has 0 spiro atoms. The number of hydrogen-bond donors (Lipinski definition) is 1. The third-order valence-electron chi connectivity index (χ3n) is 2.35. The van der Waals surface area contributed by atoms with Gasteiger partial charge in [-0.2, -0.15) is 0 Å². The first-order chi connectivity index (χ1) is 6.70. The lowest BCUT2D eigenvalue weighted by Crippen LogP contribution is -2.41. The molecule has 6 heteroatoms. The number of carbonyl (C=O) groups excluding carboxylic acids is 1. The van der Waals surface area contributed by atoms with Crippen LogP contribution in [0.15, 0.2) is 0 Å². The molecular weight excluding hydrogens is 216 g/mol. The molecule has 0 aliphatic rings. The van der Waals surface area contributed by atoms with Gasteiger partial charge in [0.05, 0.1) is 0 Å². The summed E-state index contributed by atoms with van der Waals surface area (Å²) >= 11 is 0. The van der Waals surface area contributed by atoms with Gasteiger partial charge in [-0.3, -0.25) is 4.79 Å². The Morgan fingerprint density at radius 2 is 1.87 bits per heavy atom. The Hall–Kier alpha value is -0.620. The highest BCUT2D eigenvalue weighted by Crippen LogP contribution is 2.04. The van der Waals surface area contributed by atoms with Gasteiger partial charge in [0.1, 0.15) is 5.25 Å². The molecule has 0 aromatic carbocycles. The third kappa shape index (κ3) is 4.61. The van der Waals surface area contributed by atoms with Crippen molar-refractivity contribution in [1.29, 1.82) is 0 Å². The lowest BCUT2D eigenvalue weighted by molar-refractivity contribution is -0.129. The van der Waals surface area contributed by atoms with Crippen molar-refractivity contribution in [2.24, 2.45) is 11.7 Å². The number of rotatable bonds is 5. The summed E-state index contributed by atoms with van der Waals surface area (Å²) in [5, 5.41) is -0.979. The molecule has 0 fully saturated rings. The normalized spacial score (nSPS) is 15.8. The van der Waals surface area contributed by atoms with Crippen LogP contribution in [0.2, 0.25) is 0 Å². The highest BCUT2D eigenvalue weighted by atomic mass is 32.2. The maximum atomic E-state index is 11.6. The molecular formula is C9H20N2O3S. The molecule has 1 amide bonds. The van der Waals surface area contributed by atoms with Crippen LogP contribution in [0, 0.1) is 5.92 Å². The van der Waals surface area contributed by atoms with E-state index in [-0.39, 0.29) is 11.8 Å². The summed E-state index contributed by atoms with van der Waals surface area (Å²) in [7, 11) is -1.72. The van der Waals surface area contributed by atoms with Crippen molar-refractivity contribution in [1.82, 2.24) is 4.90 Å². The van der Waals surface area contributed by atoms with E-state index in [1.165, 1.54) is 11.8 Å². The molecule has 0 saturated heterocycles. The van der Waals surface area contributed by atoms with Gasteiger partial charge in [0.2, 0.25) is 5.91 Å². The van der Waals surface area contributed by atoms with E-state index in [2.05, 4.69) is 0 Å². The van der Waals surface area contributed by atoms with E-state index in [1.807, 2.05) is 6.92 Å². The van der Waals surface area contributed by atoms with E-state index in [1.54, 1.807) is 7.05 Å². The van der Waals surface area contributed by atoms with Crippen LogP contribution in [0.5, 0.6) is 0 Å². The first-order valence-electron chi connectivity index (χ1n) is 4.84. The fourth-order valence-electron chi connectivity index (χ4n) is 1.13. The van der Waals surface area contributed by atoms with Crippen molar-refractivity contribution < 1.29 is 13.2 Å². The first-order valence-corrected chi connectivity index (χ1v) is 6.79. The standard InChI is InChI=1S/C9H20N2O3S/c1-7(5-10)6-11(3)9(12)8(2)15(4,13)14/h7-8H,5-6,10H2,1-4H3. The highest BCUT2D eigenvalue weighted by molar-refractivity contribution is 7.92. The Labute approximate surface area is 91.5 Å². The molecule has 0 saturated carbocycles. The van der Waals surface area contributed by atoms with E-state index in [0.29, 0.717) is 13.1 Å². The Bertz CT molecular complexity index is 313. The lowest BCUT2D eigenvalue weighted by Gasteiger charge is -2.23. The number of carbonyl (C=O) groups is 1. The van der Waals surface area contributed by atoms with E-state index < -0.39 is 15.1 Å². The van der Waals surface area contributed by atoms with Crippen LogP contribution in [0.25, 0.3) is 0 Å². The molecule has 0 radical (unpaired) electrons. The van der Waals surface area contributed by atoms with E-state index in [9.17, 15) is 13.2 Å². The molecule has 90 valence electrons. The van der Waals surface area contributed by atoms with Gasteiger partial charge in [-0.25, -0.2) is 8.42 Å². The Kier molecular flexibility index (Phi) is 5.23. The minimum absolute atomic E-state index is 0.172. The predicted molar refractivity (Wildman–Crippen MR) is 60.2 cm³/mol. The van der Waals surface area contributed by atoms with Crippen molar-refractivity contribution in [2.45, 2.75) is 19.1 Å². The smallest absolute Gasteiger partial charge is 0.240 e. The average Bonchev–Trinajstić information content (AvgIpc) is 2.13. The fraction of sp³-hybridized carbons (Fsp3) is 0.889. The summed E-state index contributed by atoms with van der Waals surface area (Å²) in [4.78, 5) is 13.1. The summed E-state index contributed by atoms with van der Waals surface area (Å²) in [5.41, 5.74) is 5.43. The largest absolute Gasteiger partial charge is 0.344 e. The number of nitrogens with two attached hydrogens (primary N) is 1. The van der Waals surface area contributed by atoms with Crippen LogP contribution in [-0.2, 0) is 14.6 Å². The van der Waals surface area contributed by atoms with Gasteiger partial charge >= 0.3 is 0 Å². The topological polar surface area (TPSA) is 80.5 Å². The van der Waals surface area contributed by atoms with Crippen molar-refractivity contribution >= 4 is 15.7 Å². The molecule has 0 heterocycles. The zero-order chi connectivity index (χ0) is 12.2. The van der Waals surface area contributed by atoms with Crippen LogP contribution in [0.4, 0.5) is 0 Å². The Morgan fingerprint density at radius 3 is 2.20 bits per heavy atom. The van der Waals surface area contributed by atoms with Gasteiger partial charge in [0.15, 0.2) is 9.84 Å². The maximum Gasteiger partial charge on any atom is 0.240 e. The predicted octanol–water partition coefficient (Wildman–Crippen LogP) is -0.527. The number of nitrogens with zero attached hydrogens (tertiary/aromatic N) is 1. The van der Waals surface area contributed by atoms with Crippen LogP contribution >= 0.6 is 0 Å². The van der Waals surface area contributed by atoms with Gasteiger partial charge in [-0.15, -0.1) is 0 Å². The van der Waals surface area contributed by atoms with Gasteiger partial charge < -0.3 is 10.6 Å². The number of amides is 1. The summed E-state index contributed by atoms with van der Waals surface area (Å²) < 4.78 is 22.3. The monoisotopic (exact) mass is 236 g/mol. The van der Waals surface area contributed by atoms with Crippen molar-refractivity contribution in [2.75, 3.05) is 26.4 Å². The molecule has 0 aliphatic heterocycles. The molecule has 0 aromatic rings. The summed E-state index contributed by atoms with van der Waals surface area (Å²) in [6, 6.07) is 0. The molecule has 0 aliphatic carbocycles. The van der Waals surface area contributed by atoms with Crippen molar-refractivity contribution in [3.63, 3.8) is 0 Å². The fourth-order valence-corrected chi connectivity index (χ4v) is 1.67. The third-order valence-corrected chi connectivity index (χ3v) is 3.84. The Balaban J connectivity index is 4.46. The number of hydrogen-bond acceptors (Lipinski definition) is 4. The molecule has 5 nitrogen and oxygen atoms in total. The highest BCUT2D eigenvalue weighted by Gasteiger charge is 2.26. The van der Waals surface area contributed by atoms with Crippen LogP contribution in [0.1, 0.15) is 13.8 Å². The van der Waals surface area contributed by atoms with E-state index >= 15 is 0 Å². The lowest BCUT2D eigenvalue weighted by atomic mass is 10.2. The zero-order valence-corrected chi connectivity index (χ0v) is 10.5. The van der Waals surface area contributed by atoms with Crippen LogP contribution in [-0.4, -0.2) is 50.9 Å². The van der Waals surface area contributed by atoms with Gasteiger partial charge in [0.25, 0.3) is 0 Å². The molecule has 2 atom stereocenters. The molecule has 15 heavy (non-hydrogen) atoms. The van der Waals surface area contributed by atoms with E-state index in [0.717, 1.165) is 6.26 Å². The van der Waals surface area contributed by atoms with Gasteiger partial charge in [-0.1, -0.05) is 6.92 Å². The van der Waals surface area contributed by atoms with Crippen LogP contribution < -0.4 is 5.73 Å². The summed E-state index contributed by atoms with van der Waals surface area (Å²) in [6.07, 6.45) is 1.07. The molecule has 2 N–H and O–H groups in total. The molecule has 2 unspecified atom stereocenters. The summed E-state index contributed by atoms with van der Waals surface area (Å²) in [6.45, 7) is 4.27. The second kappa shape index (κ2) is 5.46. The molecule has 0 aromatic heterocycles. The van der Waals surface area contributed by atoms with E-state index in [4.69, 9.17) is 5.73 Å². The quantitative estimate of drug-likeness (QED) is 0.696. The van der Waals surface area contributed by atoms with Gasteiger partial charge in [0, 0.05) is 19.8 Å².